The molecule has 2 aromatic rings. The fourth-order valence-electron chi connectivity index (χ4n) is 1.73. The van der Waals surface area contributed by atoms with Crippen LogP contribution in [-0.2, 0) is 6.54 Å². The Morgan fingerprint density at radius 3 is 2.84 bits per heavy atom. The highest BCUT2D eigenvalue weighted by atomic mass is 32.1. The minimum absolute atomic E-state index is 0.0588. The number of anilines is 1. The maximum atomic E-state index is 12.2. The maximum absolute atomic E-state index is 12.2. The van der Waals surface area contributed by atoms with Crippen molar-refractivity contribution in [1.29, 1.82) is 0 Å². The second-order valence-corrected chi connectivity index (χ2v) is 5.24. The number of carbonyl (C=O) groups is 1. The van der Waals surface area contributed by atoms with Gasteiger partial charge in [-0.3, -0.25) is 4.79 Å². The number of nitrogens with one attached hydrogen (secondary N) is 1. The van der Waals surface area contributed by atoms with E-state index in [0.717, 1.165) is 12.2 Å². The minimum Gasteiger partial charge on any atom is -0.384 e. The lowest BCUT2D eigenvalue weighted by atomic mass is 10.3. The number of thiophene rings is 1. The first-order valence-corrected chi connectivity index (χ1v) is 7.06. The van der Waals surface area contributed by atoms with Crippen molar-refractivity contribution < 1.29 is 4.79 Å². The number of rotatable bonds is 5. The van der Waals surface area contributed by atoms with Gasteiger partial charge in [0.1, 0.15) is 5.69 Å². The Labute approximate surface area is 117 Å². The third kappa shape index (κ3) is 3.54. The topological polar surface area (TPSA) is 45.2 Å². The summed E-state index contributed by atoms with van der Waals surface area (Å²) >= 11 is 1.65. The van der Waals surface area contributed by atoms with Crippen molar-refractivity contribution in [1.82, 2.24) is 9.88 Å². The summed E-state index contributed by atoms with van der Waals surface area (Å²) in [6, 6.07) is 7.64. The molecule has 19 heavy (non-hydrogen) atoms. The maximum Gasteiger partial charge on any atom is 0.272 e. The Balaban J connectivity index is 2.02. The normalized spacial score (nSPS) is 10.2. The molecule has 1 N–H and O–H groups in total. The average Bonchev–Trinajstić information content (AvgIpc) is 2.92. The predicted molar refractivity (Wildman–Crippen MR) is 78.5 cm³/mol. The Morgan fingerprint density at radius 2 is 2.26 bits per heavy atom. The Kier molecular flexibility index (Phi) is 4.52. The summed E-state index contributed by atoms with van der Waals surface area (Å²) in [5.41, 5.74) is 1.40. The number of nitrogens with zero attached hydrogens (tertiary/aromatic N) is 2. The van der Waals surface area contributed by atoms with E-state index in [-0.39, 0.29) is 5.91 Å². The van der Waals surface area contributed by atoms with Crippen molar-refractivity contribution in [3.05, 3.63) is 46.4 Å². The van der Waals surface area contributed by atoms with E-state index in [1.165, 1.54) is 4.88 Å². The third-order valence-corrected chi connectivity index (χ3v) is 3.54. The Bertz CT molecular complexity index is 522. The molecule has 0 spiro atoms. The van der Waals surface area contributed by atoms with Crippen LogP contribution < -0.4 is 5.32 Å². The van der Waals surface area contributed by atoms with Gasteiger partial charge in [0.15, 0.2) is 0 Å². The van der Waals surface area contributed by atoms with Gasteiger partial charge >= 0.3 is 0 Å². The summed E-state index contributed by atoms with van der Waals surface area (Å²) in [5.74, 6) is -0.0588. The SMILES string of the molecule is CCNc1ccc(C(=O)N(C)Cc2cccs2)nc1. The van der Waals surface area contributed by atoms with E-state index in [4.69, 9.17) is 0 Å². The minimum atomic E-state index is -0.0588. The van der Waals surface area contributed by atoms with Crippen molar-refractivity contribution in [2.75, 3.05) is 18.9 Å². The van der Waals surface area contributed by atoms with Gasteiger partial charge in [0.2, 0.25) is 0 Å². The zero-order valence-corrected chi connectivity index (χ0v) is 11.9. The molecular weight excluding hydrogens is 258 g/mol. The van der Waals surface area contributed by atoms with E-state index in [1.54, 1.807) is 35.5 Å². The number of carbonyl (C=O) groups excluding carboxylic acids is 1. The van der Waals surface area contributed by atoms with E-state index >= 15 is 0 Å². The molecule has 2 aromatic heterocycles. The summed E-state index contributed by atoms with van der Waals surface area (Å²) in [5, 5.41) is 5.16. The molecule has 0 bridgehead atoms. The summed E-state index contributed by atoms with van der Waals surface area (Å²) in [4.78, 5) is 19.2. The predicted octanol–water partition coefficient (Wildman–Crippen LogP) is 2.85. The van der Waals surface area contributed by atoms with Gasteiger partial charge < -0.3 is 10.2 Å². The average molecular weight is 275 g/mol. The first-order chi connectivity index (χ1) is 9.20. The van der Waals surface area contributed by atoms with Crippen LogP contribution in [0.15, 0.2) is 35.8 Å². The van der Waals surface area contributed by atoms with Crippen molar-refractivity contribution >= 4 is 22.9 Å². The molecule has 0 saturated heterocycles. The molecule has 5 heteroatoms. The van der Waals surface area contributed by atoms with Gasteiger partial charge in [-0.1, -0.05) is 6.07 Å². The van der Waals surface area contributed by atoms with Crippen LogP contribution in [0.25, 0.3) is 0 Å². The molecule has 0 atom stereocenters. The summed E-state index contributed by atoms with van der Waals surface area (Å²) in [7, 11) is 1.79. The second-order valence-electron chi connectivity index (χ2n) is 4.20. The zero-order valence-electron chi connectivity index (χ0n) is 11.1. The number of amides is 1. The zero-order chi connectivity index (χ0) is 13.7. The molecule has 0 saturated carbocycles. The van der Waals surface area contributed by atoms with Gasteiger partial charge in [-0.25, -0.2) is 4.98 Å². The molecule has 4 nitrogen and oxygen atoms in total. The lowest BCUT2D eigenvalue weighted by Crippen LogP contribution is -2.26. The van der Waals surface area contributed by atoms with Crippen molar-refractivity contribution in [2.45, 2.75) is 13.5 Å². The molecule has 0 aromatic carbocycles. The van der Waals surface area contributed by atoms with Gasteiger partial charge in [-0.15, -0.1) is 11.3 Å². The highest BCUT2D eigenvalue weighted by Crippen LogP contribution is 2.13. The van der Waals surface area contributed by atoms with Crippen molar-refractivity contribution in [2.24, 2.45) is 0 Å². The Morgan fingerprint density at radius 1 is 1.42 bits per heavy atom. The fourth-order valence-corrected chi connectivity index (χ4v) is 2.49. The number of pyridine rings is 1. The van der Waals surface area contributed by atoms with E-state index < -0.39 is 0 Å². The number of hydrogen-bond donors (Lipinski definition) is 1. The first kappa shape index (κ1) is 13.5. The first-order valence-electron chi connectivity index (χ1n) is 6.18. The van der Waals surface area contributed by atoms with Crippen LogP contribution in [0.3, 0.4) is 0 Å². The van der Waals surface area contributed by atoms with Crippen LogP contribution in [0.5, 0.6) is 0 Å². The van der Waals surface area contributed by atoms with E-state index in [2.05, 4.69) is 10.3 Å². The van der Waals surface area contributed by atoms with Gasteiger partial charge in [0.25, 0.3) is 5.91 Å². The standard InChI is InChI=1S/C14H17N3OS/c1-3-15-11-6-7-13(16-9-11)14(18)17(2)10-12-5-4-8-19-12/h4-9,15H,3,10H2,1-2H3. The van der Waals surface area contributed by atoms with E-state index in [0.29, 0.717) is 12.2 Å². The van der Waals surface area contributed by atoms with Gasteiger partial charge in [0, 0.05) is 18.5 Å². The lowest BCUT2D eigenvalue weighted by Gasteiger charge is -2.15. The molecule has 100 valence electrons. The molecular formula is C14H17N3OS. The quantitative estimate of drug-likeness (QED) is 0.912. The van der Waals surface area contributed by atoms with Crippen LogP contribution in [-0.4, -0.2) is 29.4 Å². The van der Waals surface area contributed by atoms with Crippen molar-refractivity contribution in [3.63, 3.8) is 0 Å². The van der Waals surface area contributed by atoms with Crippen molar-refractivity contribution in [3.8, 4) is 0 Å². The molecule has 2 heterocycles. The molecule has 0 fully saturated rings. The molecule has 0 aliphatic heterocycles. The monoisotopic (exact) mass is 275 g/mol. The van der Waals surface area contributed by atoms with Crippen LogP contribution >= 0.6 is 11.3 Å². The van der Waals surface area contributed by atoms with Crippen LogP contribution in [0.4, 0.5) is 5.69 Å². The van der Waals surface area contributed by atoms with Gasteiger partial charge in [-0.05, 0) is 30.5 Å². The molecule has 0 unspecified atom stereocenters. The summed E-state index contributed by atoms with van der Waals surface area (Å²) in [6.45, 7) is 3.48. The second kappa shape index (κ2) is 6.33. The van der Waals surface area contributed by atoms with Crippen LogP contribution in [0.1, 0.15) is 22.3 Å². The van der Waals surface area contributed by atoms with E-state index in [1.807, 2.05) is 30.5 Å². The highest BCUT2D eigenvalue weighted by Gasteiger charge is 2.13. The largest absolute Gasteiger partial charge is 0.384 e. The summed E-state index contributed by atoms with van der Waals surface area (Å²) in [6.07, 6.45) is 1.69. The highest BCUT2D eigenvalue weighted by molar-refractivity contribution is 7.09. The molecule has 2 rings (SSSR count). The third-order valence-electron chi connectivity index (χ3n) is 2.68. The van der Waals surface area contributed by atoms with E-state index in [9.17, 15) is 4.79 Å². The molecule has 1 amide bonds. The fraction of sp³-hybridized carbons (Fsp3) is 0.286. The van der Waals surface area contributed by atoms with Gasteiger partial charge in [-0.2, -0.15) is 0 Å². The number of hydrogen-bond acceptors (Lipinski definition) is 4. The molecule has 0 radical (unpaired) electrons. The van der Waals surface area contributed by atoms with Gasteiger partial charge in [0.05, 0.1) is 18.4 Å². The number of aromatic nitrogens is 1. The summed E-state index contributed by atoms with van der Waals surface area (Å²) < 4.78 is 0. The molecule has 0 aliphatic carbocycles. The van der Waals surface area contributed by atoms with Crippen LogP contribution in [0.2, 0.25) is 0 Å². The lowest BCUT2D eigenvalue weighted by molar-refractivity contribution is 0.0780. The smallest absolute Gasteiger partial charge is 0.272 e. The Hall–Kier alpha value is -1.88. The molecule has 0 aliphatic rings. The van der Waals surface area contributed by atoms with Crippen LogP contribution in [0, 0.1) is 0 Å².